The second-order valence-corrected chi connectivity index (χ2v) is 4.61. The summed E-state index contributed by atoms with van der Waals surface area (Å²) in [6.07, 6.45) is 1.82. The van der Waals surface area contributed by atoms with E-state index in [4.69, 9.17) is 0 Å². The lowest BCUT2D eigenvalue weighted by Gasteiger charge is -2.05. The van der Waals surface area contributed by atoms with Gasteiger partial charge >= 0.3 is 0 Å². The van der Waals surface area contributed by atoms with Gasteiger partial charge < -0.3 is 10.6 Å². The van der Waals surface area contributed by atoms with Crippen molar-refractivity contribution in [3.8, 4) is 0 Å². The fraction of sp³-hybridized carbons (Fsp3) is 0.286. The van der Waals surface area contributed by atoms with Crippen LogP contribution < -0.4 is 10.6 Å². The summed E-state index contributed by atoms with van der Waals surface area (Å²) in [6.45, 7) is 2.01. The van der Waals surface area contributed by atoms with Crippen LogP contribution in [0.1, 0.15) is 18.9 Å². The molecule has 0 spiro atoms. The predicted octanol–water partition coefficient (Wildman–Crippen LogP) is 1.08. The van der Waals surface area contributed by atoms with E-state index in [0.717, 1.165) is 5.56 Å². The molecule has 0 saturated carbocycles. The number of amides is 2. The van der Waals surface area contributed by atoms with E-state index in [1.165, 1.54) is 23.0 Å². The summed E-state index contributed by atoms with van der Waals surface area (Å²) < 4.78 is 14.1. The predicted molar refractivity (Wildman–Crippen MR) is 77.2 cm³/mol. The van der Waals surface area contributed by atoms with Crippen LogP contribution in [0.15, 0.2) is 30.5 Å². The van der Waals surface area contributed by atoms with E-state index < -0.39 is 0 Å². The monoisotopic (exact) mass is 305 g/mol. The van der Waals surface area contributed by atoms with Gasteiger partial charge in [0.1, 0.15) is 12.4 Å². The van der Waals surface area contributed by atoms with Crippen molar-refractivity contribution in [1.29, 1.82) is 0 Å². The van der Waals surface area contributed by atoms with Gasteiger partial charge in [0.05, 0.1) is 6.20 Å². The van der Waals surface area contributed by atoms with Crippen LogP contribution in [0.3, 0.4) is 0 Å². The summed E-state index contributed by atoms with van der Waals surface area (Å²) in [5.74, 6) is -0.451. The number of rotatable bonds is 6. The Bertz CT molecular complexity index is 654. The number of nitrogens with one attached hydrogen (secondary N) is 2. The molecule has 2 N–H and O–H groups in total. The maximum Gasteiger partial charge on any atom is 0.242 e. The second kappa shape index (κ2) is 7.30. The molecule has 0 aliphatic carbocycles. The normalized spacial score (nSPS) is 10.3. The minimum atomic E-state index is -0.320. The Morgan fingerprint density at radius 3 is 2.64 bits per heavy atom. The van der Waals surface area contributed by atoms with Crippen molar-refractivity contribution in [3.63, 3.8) is 0 Å². The van der Waals surface area contributed by atoms with Crippen molar-refractivity contribution in [2.24, 2.45) is 0 Å². The van der Waals surface area contributed by atoms with Crippen molar-refractivity contribution < 1.29 is 14.0 Å². The SMILES string of the molecule is CCC(=O)Nc1cn(CC(=O)NCc2ccc(F)cc2)nn1. The van der Waals surface area contributed by atoms with Gasteiger partial charge in [0.15, 0.2) is 5.82 Å². The highest BCUT2D eigenvalue weighted by Gasteiger charge is 2.07. The van der Waals surface area contributed by atoms with E-state index in [9.17, 15) is 14.0 Å². The number of benzene rings is 1. The van der Waals surface area contributed by atoms with E-state index in [0.29, 0.717) is 18.8 Å². The van der Waals surface area contributed by atoms with Gasteiger partial charge in [-0.15, -0.1) is 5.10 Å². The molecule has 0 aliphatic heterocycles. The summed E-state index contributed by atoms with van der Waals surface area (Å²) in [5.41, 5.74) is 0.796. The molecular weight excluding hydrogens is 289 g/mol. The maximum atomic E-state index is 12.8. The number of hydrogen-bond donors (Lipinski definition) is 2. The number of nitrogens with zero attached hydrogens (tertiary/aromatic N) is 3. The minimum absolute atomic E-state index is 0.0177. The van der Waals surface area contributed by atoms with Gasteiger partial charge in [0.2, 0.25) is 11.8 Å². The molecule has 0 saturated heterocycles. The topological polar surface area (TPSA) is 88.9 Å². The number of halogens is 1. The third kappa shape index (κ3) is 4.65. The molecular formula is C14H16FN5O2. The van der Waals surface area contributed by atoms with Crippen LogP contribution in [0.5, 0.6) is 0 Å². The quantitative estimate of drug-likeness (QED) is 0.836. The second-order valence-electron chi connectivity index (χ2n) is 4.61. The Morgan fingerprint density at radius 1 is 1.23 bits per heavy atom. The summed E-state index contributed by atoms with van der Waals surface area (Å²) in [5, 5.41) is 12.7. The van der Waals surface area contributed by atoms with Crippen molar-refractivity contribution in [2.45, 2.75) is 26.4 Å². The van der Waals surface area contributed by atoms with Crippen LogP contribution in [-0.2, 0) is 22.7 Å². The molecule has 7 nitrogen and oxygen atoms in total. The Morgan fingerprint density at radius 2 is 1.95 bits per heavy atom. The molecule has 116 valence electrons. The molecule has 0 atom stereocenters. The van der Waals surface area contributed by atoms with E-state index in [1.54, 1.807) is 19.1 Å². The zero-order chi connectivity index (χ0) is 15.9. The van der Waals surface area contributed by atoms with Gasteiger partial charge in [-0.1, -0.05) is 24.3 Å². The number of carbonyl (C=O) groups is 2. The van der Waals surface area contributed by atoms with Gasteiger partial charge in [0.25, 0.3) is 0 Å². The first-order valence-corrected chi connectivity index (χ1v) is 6.78. The summed E-state index contributed by atoms with van der Waals surface area (Å²) in [6, 6.07) is 5.87. The van der Waals surface area contributed by atoms with E-state index in [-0.39, 0.29) is 24.2 Å². The van der Waals surface area contributed by atoms with Crippen LogP contribution in [0.25, 0.3) is 0 Å². The third-order valence-corrected chi connectivity index (χ3v) is 2.84. The minimum Gasteiger partial charge on any atom is -0.350 e. The molecule has 2 aromatic rings. The van der Waals surface area contributed by atoms with Crippen LogP contribution in [0.4, 0.5) is 10.2 Å². The van der Waals surface area contributed by atoms with E-state index in [2.05, 4.69) is 20.9 Å². The molecule has 2 amide bonds. The molecule has 0 fully saturated rings. The maximum absolute atomic E-state index is 12.8. The zero-order valence-electron chi connectivity index (χ0n) is 12.0. The lowest BCUT2D eigenvalue weighted by atomic mass is 10.2. The zero-order valence-corrected chi connectivity index (χ0v) is 12.0. The number of carbonyl (C=O) groups excluding carboxylic acids is 2. The lowest BCUT2D eigenvalue weighted by Crippen LogP contribution is -2.27. The summed E-state index contributed by atoms with van der Waals surface area (Å²) in [4.78, 5) is 23.0. The molecule has 1 aromatic heterocycles. The van der Waals surface area contributed by atoms with E-state index in [1.807, 2.05) is 0 Å². The van der Waals surface area contributed by atoms with Crippen LogP contribution in [0, 0.1) is 5.82 Å². The van der Waals surface area contributed by atoms with Gasteiger partial charge in [-0.3, -0.25) is 9.59 Å². The standard InChI is InChI=1S/C14H16FN5O2/c1-2-13(21)17-12-8-20(19-18-12)9-14(22)16-7-10-3-5-11(15)6-4-10/h3-6,8H,2,7,9H2,1H3,(H,16,22)(H,17,21). The Balaban J connectivity index is 1.81. The molecule has 0 aliphatic rings. The molecule has 2 rings (SSSR count). The van der Waals surface area contributed by atoms with Crippen molar-refractivity contribution >= 4 is 17.6 Å². The number of hydrogen-bond acceptors (Lipinski definition) is 4. The first-order valence-electron chi connectivity index (χ1n) is 6.78. The smallest absolute Gasteiger partial charge is 0.242 e. The van der Waals surface area contributed by atoms with Gasteiger partial charge in [-0.25, -0.2) is 9.07 Å². The van der Waals surface area contributed by atoms with Gasteiger partial charge in [-0.2, -0.15) is 0 Å². The summed E-state index contributed by atoms with van der Waals surface area (Å²) in [7, 11) is 0. The fourth-order valence-electron chi connectivity index (χ4n) is 1.67. The highest BCUT2D eigenvalue weighted by atomic mass is 19.1. The largest absolute Gasteiger partial charge is 0.350 e. The van der Waals surface area contributed by atoms with Crippen LogP contribution in [0.2, 0.25) is 0 Å². The molecule has 0 radical (unpaired) electrons. The van der Waals surface area contributed by atoms with Crippen LogP contribution in [-0.4, -0.2) is 26.8 Å². The lowest BCUT2D eigenvalue weighted by molar-refractivity contribution is -0.122. The van der Waals surface area contributed by atoms with Crippen LogP contribution >= 0.6 is 0 Å². The molecule has 0 unspecified atom stereocenters. The third-order valence-electron chi connectivity index (χ3n) is 2.84. The van der Waals surface area contributed by atoms with Gasteiger partial charge in [-0.05, 0) is 17.7 Å². The highest BCUT2D eigenvalue weighted by molar-refractivity contribution is 5.89. The fourth-order valence-corrected chi connectivity index (χ4v) is 1.67. The highest BCUT2D eigenvalue weighted by Crippen LogP contribution is 2.03. The molecule has 22 heavy (non-hydrogen) atoms. The average Bonchev–Trinajstić information content (AvgIpc) is 2.93. The van der Waals surface area contributed by atoms with Crippen molar-refractivity contribution in [2.75, 3.05) is 5.32 Å². The summed E-state index contributed by atoms with van der Waals surface area (Å²) >= 11 is 0. The molecule has 1 aromatic carbocycles. The Kier molecular flexibility index (Phi) is 5.18. The Hall–Kier alpha value is -2.77. The van der Waals surface area contributed by atoms with E-state index >= 15 is 0 Å². The molecule has 8 heteroatoms. The molecule has 1 heterocycles. The number of aromatic nitrogens is 3. The number of anilines is 1. The Labute approximate surface area is 126 Å². The first kappa shape index (κ1) is 15.6. The molecule has 0 bridgehead atoms. The first-order chi connectivity index (χ1) is 10.6. The average molecular weight is 305 g/mol. The van der Waals surface area contributed by atoms with Gasteiger partial charge in [0, 0.05) is 13.0 Å². The van der Waals surface area contributed by atoms with Crippen molar-refractivity contribution in [3.05, 3.63) is 41.8 Å². The van der Waals surface area contributed by atoms with Crippen molar-refractivity contribution in [1.82, 2.24) is 20.3 Å².